The number of carbonyl (C=O) groups is 2. The molecule has 1 aromatic carbocycles. The van der Waals surface area contributed by atoms with Gasteiger partial charge in [-0.1, -0.05) is 6.07 Å². The fraction of sp³-hybridized carbons (Fsp3) is 0.190. The van der Waals surface area contributed by atoms with Gasteiger partial charge in [0.2, 0.25) is 5.76 Å². The number of halogens is 3. The van der Waals surface area contributed by atoms with E-state index >= 15 is 0 Å². The minimum atomic E-state index is -4.58. The molecule has 0 unspecified atom stereocenters. The van der Waals surface area contributed by atoms with Crippen molar-refractivity contribution in [2.24, 2.45) is 0 Å². The van der Waals surface area contributed by atoms with Crippen LogP contribution in [-0.4, -0.2) is 21.6 Å². The number of alkyl halides is 3. The topological polar surface area (TPSA) is 102 Å². The van der Waals surface area contributed by atoms with E-state index in [1.807, 2.05) is 0 Å². The first-order chi connectivity index (χ1) is 14.5. The van der Waals surface area contributed by atoms with Crippen LogP contribution in [0.1, 0.15) is 43.5 Å². The average molecular weight is 434 g/mol. The molecule has 3 rings (SSSR count). The van der Waals surface area contributed by atoms with Crippen LogP contribution in [0.15, 0.2) is 51.7 Å². The number of aromatic carboxylic acids is 1. The maximum Gasteiger partial charge on any atom is 0.416 e. The molecule has 0 saturated heterocycles. The summed E-state index contributed by atoms with van der Waals surface area (Å²) in [6, 6.07) is 8.22. The van der Waals surface area contributed by atoms with Crippen molar-refractivity contribution in [1.82, 2.24) is 9.88 Å². The Morgan fingerprint density at radius 3 is 2.45 bits per heavy atom. The molecule has 2 aromatic heterocycles. The smallest absolute Gasteiger partial charge is 0.416 e. The third kappa shape index (κ3) is 4.52. The molecule has 2 N–H and O–H groups in total. The van der Waals surface area contributed by atoms with Gasteiger partial charge in [0.1, 0.15) is 11.3 Å². The molecule has 1 amide bonds. The van der Waals surface area contributed by atoms with Crippen LogP contribution in [0.25, 0.3) is 5.69 Å². The second kappa shape index (κ2) is 8.13. The zero-order valence-corrected chi connectivity index (χ0v) is 16.4. The number of nitrogens with one attached hydrogen (secondary N) is 1. The maximum atomic E-state index is 13.0. The van der Waals surface area contributed by atoms with Crippen molar-refractivity contribution >= 4 is 11.9 Å². The highest BCUT2D eigenvalue weighted by Crippen LogP contribution is 2.30. The van der Waals surface area contributed by atoms with Crippen LogP contribution < -0.4 is 10.9 Å². The number of pyridine rings is 1. The lowest BCUT2D eigenvalue weighted by Gasteiger charge is -2.14. The molecule has 7 nitrogen and oxygen atoms in total. The number of benzene rings is 1. The molecule has 0 saturated carbocycles. The highest BCUT2D eigenvalue weighted by Gasteiger charge is 2.30. The first-order valence-electron chi connectivity index (χ1n) is 9.00. The van der Waals surface area contributed by atoms with Gasteiger partial charge >= 0.3 is 12.1 Å². The minimum absolute atomic E-state index is 0.0243. The van der Waals surface area contributed by atoms with E-state index < -0.39 is 29.2 Å². The zero-order valence-electron chi connectivity index (χ0n) is 16.4. The van der Waals surface area contributed by atoms with Crippen LogP contribution in [0, 0.1) is 13.8 Å². The van der Waals surface area contributed by atoms with Gasteiger partial charge in [0.25, 0.3) is 11.5 Å². The van der Waals surface area contributed by atoms with Gasteiger partial charge in [0.05, 0.1) is 5.56 Å². The second-order valence-electron chi connectivity index (χ2n) is 6.76. The molecule has 0 aliphatic carbocycles. The molecular weight excluding hydrogens is 417 g/mol. The molecule has 10 heteroatoms. The Balaban J connectivity index is 1.91. The number of carbonyl (C=O) groups excluding carboxylic acids is 1. The largest absolute Gasteiger partial charge is 0.475 e. The molecule has 162 valence electrons. The van der Waals surface area contributed by atoms with Crippen molar-refractivity contribution in [3.8, 4) is 5.69 Å². The van der Waals surface area contributed by atoms with Crippen LogP contribution in [-0.2, 0) is 12.7 Å². The molecule has 31 heavy (non-hydrogen) atoms. The van der Waals surface area contributed by atoms with Crippen molar-refractivity contribution in [2.45, 2.75) is 26.6 Å². The van der Waals surface area contributed by atoms with Gasteiger partial charge in [-0.3, -0.25) is 14.2 Å². The summed E-state index contributed by atoms with van der Waals surface area (Å²) >= 11 is 0. The van der Waals surface area contributed by atoms with E-state index in [0.717, 1.165) is 16.7 Å². The van der Waals surface area contributed by atoms with E-state index in [-0.39, 0.29) is 23.6 Å². The number of carboxylic acid groups (broad SMARTS) is 1. The summed E-state index contributed by atoms with van der Waals surface area (Å²) in [5, 5.41) is 11.5. The quantitative estimate of drug-likeness (QED) is 0.638. The Hall–Kier alpha value is -3.82. The molecule has 3 aromatic rings. The second-order valence-corrected chi connectivity index (χ2v) is 6.76. The van der Waals surface area contributed by atoms with Crippen LogP contribution >= 0.6 is 0 Å². The van der Waals surface area contributed by atoms with E-state index in [9.17, 15) is 27.6 Å². The number of rotatable bonds is 5. The van der Waals surface area contributed by atoms with E-state index in [0.29, 0.717) is 17.0 Å². The summed E-state index contributed by atoms with van der Waals surface area (Å²) in [6.45, 7) is 2.96. The minimum Gasteiger partial charge on any atom is -0.475 e. The van der Waals surface area contributed by atoms with Gasteiger partial charge in [-0.15, -0.1) is 0 Å². The van der Waals surface area contributed by atoms with Crippen molar-refractivity contribution < 1.29 is 32.3 Å². The lowest BCUT2D eigenvalue weighted by Crippen LogP contribution is -2.33. The fourth-order valence-electron chi connectivity index (χ4n) is 3.02. The van der Waals surface area contributed by atoms with Crippen molar-refractivity contribution in [2.75, 3.05) is 0 Å². The van der Waals surface area contributed by atoms with Gasteiger partial charge in [0, 0.05) is 23.5 Å². The Morgan fingerprint density at radius 2 is 1.84 bits per heavy atom. The van der Waals surface area contributed by atoms with E-state index in [1.165, 1.54) is 44.2 Å². The van der Waals surface area contributed by atoms with Crippen LogP contribution in [0.4, 0.5) is 13.2 Å². The number of nitrogens with zero attached hydrogens (tertiary/aromatic N) is 1. The van der Waals surface area contributed by atoms with E-state index in [1.54, 1.807) is 0 Å². The summed E-state index contributed by atoms with van der Waals surface area (Å²) in [7, 11) is 0. The summed E-state index contributed by atoms with van der Waals surface area (Å²) in [5.41, 5.74) is -1.25. The summed E-state index contributed by atoms with van der Waals surface area (Å²) in [6.07, 6.45) is -4.58. The van der Waals surface area contributed by atoms with Crippen LogP contribution in [0.5, 0.6) is 0 Å². The SMILES string of the molecule is Cc1oc(C(=O)O)cc1CNC(=O)c1ccc(C)n(-c2cccc(C(F)(F)F)c2)c1=O. The standard InChI is InChI=1S/C21H17F3N2O5/c1-11-6-7-16(18(27)25-10-13-8-17(20(29)30)31-12(13)2)19(28)26(11)15-5-3-4-14(9-15)21(22,23)24/h3-9H,10H2,1-2H3,(H,25,27)(H,29,30). The summed E-state index contributed by atoms with van der Waals surface area (Å²) in [5.74, 6) is -2.02. The van der Waals surface area contributed by atoms with Crippen molar-refractivity contribution in [3.63, 3.8) is 0 Å². The molecular formula is C21H17F3N2O5. The molecule has 0 aliphatic heterocycles. The number of amides is 1. The number of carboxylic acids is 1. The maximum absolute atomic E-state index is 13.0. The van der Waals surface area contributed by atoms with Crippen molar-refractivity contribution in [1.29, 1.82) is 0 Å². The average Bonchev–Trinajstić information content (AvgIpc) is 3.07. The van der Waals surface area contributed by atoms with E-state index in [2.05, 4.69) is 5.32 Å². The van der Waals surface area contributed by atoms with Gasteiger partial charge in [0.15, 0.2) is 0 Å². The first kappa shape index (κ1) is 21.9. The Bertz CT molecular complexity index is 1220. The third-order valence-corrected chi connectivity index (χ3v) is 4.62. The Kier molecular flexibility index (Phi) is 5.74. The van der Waals surface area contributed by atoms with Gasteiger partial charge in [-0.2, -0.15) is 13.2 Å². The summed E-state index contributed by atoms with van der Waals surface area (Å²) < 4.78 is 45.2. The van der Waals surface area contributed by atoms with Crippen LogP contribution in [0.3, 0.4) is 0 Å². The Labute approximate surface area is 173 Å². The summed E-state index contributed by atoms with van der Waals surface area (Å²) in [4.78, 5) is 36.4. The molecule has 0 fully saturated rings. The predicted molar refractivity (Wildman–Crippen MR) is 103 cm³/mol. The van der Waals surface area contributed by atoms with Gasteiger partial charge < -0.3 is 14.8 Å². The van der Waals surface area contributed by atoms with E-state index in [4.69, 9.17) is 9.52 Å². The number of hydrogen-bond acceptors (Lipinski definition) is 4. The first-order valence-corrected chi connectivity index (χ1v) is 9.00. The third-order valence-electron chi connectivity index (χ3n) is 4.62. The molecule has 0 bridgehead atoms. The van der Waals surface area contributed by atoms with Crippen molar-refractivity contribution in [3.05, 3.63) is 86.7 Å². The normalized spacial score (nSPS) is 11.4. The molecule has 0 radical (unpaired) electrons. The lowest BCUT2D eigenvalue weighted by molar-refractivity contribution is -0.137. The number of aromatic nitrogens is 1. The fourth-order valence-corrected chi connectivity index (χ4v) is 3.02. The Morgan fingerprint density at radius 1 is 1.13 bits per heavy atom. The number of furan rings is 1. The highest BCUT2D eigenvalue weighted by atomic mass is 19.4. The number of hydrogen-bond donors (Lipinski definition) is 2. The lowest BCUT2D eigenvalue weighted by atomic mass is 10.1. The van der Waals surface area contributed by atoms with Gasteiger partial charge in [-0.25, -0.2) is 4.79 Å². The molecule has 0 spiro atoms. The highest BCUT2D eigenvalue weighted by molar-refractivity contribution is 5.94. The van der Waals surface area contributed by atoms with Crippen LogP contribution in [0.2, 0.25) is 0 Å². The predicted octanol–water partition coefficient (Wildman–Crippen LogP) is 3.69. The number of aryl methyl sites for hydroxylation is 2. The molecule has 0 atom stereocenters. The molecule has 0 aliphatic rings. The molecule has 2 heterocycles. The monoisotopic (exact) mass is 434 g/mol. The van der Waals surface area contributed by atoms with Gasteiger partial charge in [-0.05, 0) is 50.2 Å². The zero-order chi connectivity index (χ0) is 22.9.